The van der Waals surface area contributed by atoms with Crippen LogP contribution in [0.4, 0.5) is 5.69 Å². The normalized spacial score (nSPS) is 21.6. The molecule has 4 rings (SSSR count). The molecule has 132 valence electrons. The molecule has 1 aromatic heterocycles. The summed E-state index contributed by atoms with van der Waals surface area (Å²) < 4.78 is 2.94. The lowest BCUT2D eigenvalue weighted by molar-refractivity contribution is -0.136. The van der Waals surface area contributed by atoms with Crippen LogP contribution in [-0.4, -0.2) is 53.7 Å². The van der Waals surface area contributed by atoms with Gasteiger partial charge in [-0.05, 0) is 18.2 Å². The average molecular weight is 344 g/mol. The molecule has 2 amide bonds. The van der Waals surface area contributed by atoms with E-state index in [2.05, 4.69) is 20.9 Å². The summed E-state index contributed by atoms with van der Waals surface area (Å²) in [6.07, 6.45) is -0.890. The SMILES string of the molecule is Cn1c(=O)n(C2NCC(=O)NC2=O)c2ccc(N3CCNCC3)cc21. The summed E-state index contributed by atoms with van der Waals surface area (Å²) in [5.74, 6) is -0.910. The Morgan fingerprint density at radius 2 is 1.84 bits per heavy atom. The Morgan fingerprint density at radius 3 is 2.56 bits per heavy atom. The van der Waals surface area contributed by atoms with Gasteiger partial charge in [0.05, 0.1) is 17.6 Å². The number of anilines is 1. The Hall–Kier alpha value is -2.65. The third-order valence-electron chi connectivity index (χ3n) is 4.78. The number of imide groups is 1. The first kappa shape index (κ1) is 15.9. The van der Waals surface area contributed by atoms with Crippen LogP contribution in [0, 0.1) is 0 Å². The van der Waals surface area contributed by atoms with E-state index in [0.29, 0.717) is 5.52 Å². The fraction of sp³-hybridized carbons (Fsp3) is 0.438. The van der Waals surface area contributed by atoms with Gasteiger partial charge in [0.1, 0.15) is 0 Å². The number of hydrogen-bond acceptors (Lipinski definition) is 6. The van der Waals surface area contributed by atoms with E-state index >= 15 is 0 Å². The Morgan fingerprint density at radius 1 is 1.08 bits per heavy atom. The van der Waals surface area contributed by atoms with E-state index in [9.17, 15) is 14.4 Å². The van der Waals surface area contributed by atoms with Gasteiger partial charge in [-0.25, -0.2) is 4.79 Å². The lowest BCUT2D eigenvalue weighted by atomic mass is 10.2. The van der Waals surface area contributed by atoms with Crippen molar-refractivity contribution in [2.24, 2.45) is 7.05 Å². The maximum absolute atomic E-state index is 12.7. The molecule has 25 heavy (non-hydrogen) atoms. The zero-order chi connectivity index (χ0) is 17.6. The number of benzene rings is 1. The van der Waals surface area contributed by atoms with Gasteiger partial charge in [0.25, 0.3) is 5.91 Å². The van der Waals surface area contributed by atoms with Gasteiger partial charge >= 0.3 is 5.69 Å². The number of aryl methyl sites for hydroxylation is 1. The maximum Gasteiger partial charge on any atom is 0.330 e. The standard InChI is InChI=1S/C16H20N6O3/c1-20-12-8-10(21-6-4-17-5-7-21)2-3-11(12)22(16(20)25)14-15(24)19-13(23)9-18-14/h2-3,8,14,17-18H,4-7,9H2,1H3,(H,19,23,24). The molecule has 2 aliphatic heterocycles. The number of fused-ring (bicyclic) bond motifs is 1. The van der Waals surface area contributed by atoms with Crippen LogP contribution in [0.2, 0.25) is 0 Å². The number of imidazole rings is 1. The van der Waals surface area contributed by atoms with Gasteiger partial charge in [0.15, 0.2) is 6.17 Å². The highest BCUT2D eigenvalue weighted by Crippen LogP contribution is 2.23. The number of piperazine rings is 2. The molecule has 9 nitrogen and oxygen atoms in total. The highest BCUT2D eigenvalue weighted by atomic mass is 16.2. The summed E-state index contributed by atoms with van der Waals surface area (Å²) in [7, 11) is 1.69. The molecule has 3 heterocycles. The first-order chi connectivity index (χ1) is 12.1. The summed E-state index contributed by atoms with van der Waals surface area (Å²) >= 11 is 0. The summed E-state index contributed by atoms with van der Waals surface area (Å²) in [5, 5.41) is 8.41. The third kappa shape index (κ3) is 2.61. The molecular formula is C16H20N6O3. The molecule has 0 spiro atoms. The molecule has 0 aliphatic carbocycles. The van der Waals surface area contributed by atoms with E-state index in [1.165, 1.54) is 9.13 Å². The largest absolute Gasteiger partial charge is 0.369 e. The lowest BCUT2D eigenvalue weighted by Gasteiger charge is -2.29. The molecule has 9 heteroatoms. The van der Waals surface area contributed by atoms with E-state index in [1.807, 2.05) is 18.2 Å². The molecular weight excluding hydrogens is 324 g/mol. The quantitative estimate of drug-likeness (QED) is 0.573. The zero-order valence-electron chi connectivity index (χ0n) is 13.9. The number of nitrogens with one attached hydrogen (secondary N) is 3. The Bertz CT molecular complexity index is 908. The molecule has 2 fully saturated rings. The summed E-state index contributed by atoms with van der Waals surface area (Å²) in [4.78, 5) is 38.4. The summed E-state index contributed by atoms with van der Waals surface area (Å²) in [5.41, 5.74) is 2.17. The van der Waals surface area contributed by atoms with Crippen LogP contribution in [0.3, 0.4) is 0 Å². The number of hydrogen-bond donors (Lipinski definition) is 3. The van der Waals surface area contributed by atoms with Crippen molar-refractivity contribution in [1.29, 1.82) is 0 Å². The van der Waals surface area contributed by atoms with Gasteiger partial charge in [-0.2, -0.15) is 0 Å². The van der Waals surface area contributed by atoms with Crippen molar-refractivity contribution in [1.82, 2.24) is 25.1 Å². The van der Waals surface area contributed by atoms with Gasteiger partial charge in [0, 0.05) is 38.9 Å². The van der Waals surface area contributed by atoms with Gasteiger partial charge in [-0.1, -0.05) is 0 Å². The van der Waals surface area contributed by atoms with E-state index in [4.69, 9.17) is 0 Å². The van der Waals surface area contributed by atoms with Gasteiger partial charge < -0.3 is 10.2 Å². The number of carbonyl (C=O) groups is 2. The third-order valence-corrected chi connectivity index (χ3v) is 4.78. The second-order valence-electron chi connectivity index (χ2n) is 6.32. The Kier molecular flexibility index (Phi) is 3.81. The van der Waals surface area contributed by atoms with Crippen molar-refractivity contribution in [3.63, 3.8) is 0 Å². The molecule has 0 saturated carbocycles. The monoisotopic (exact) mass is 344 g/mol. The Labute approximate surface area is 143 Å². The highest BCUT2D eigenvalue weighted by Gasteiger charge is 2.30. The molecule has 2 aromatic rings. The minimum Gasteiger partial charge on any atom is -0.369 e. The second-order valence-corrected chi connectivity index (χ2v) is 6.32. The van der Waals surface area contributed by atoms with Crippen LogP contribution in [0.15, 0.2) is 23.0 Å². The number of amides is 2. The first-order valence-electron chi connectivity index (χ1n) is 8.30. The predicted molar refractivity (Wildman–Crippen MR) is 92.5 cm³/mol. The fourth-order valence-corrected chi connectivity index (χ4v) is 3.46. The molecule has 0 radical (unpaired) electrons. The Balaban J connectivity index is 1.78. The van der Waals surface area contributed by atoms with Crippen molar-refractivity contribution in [3.05, 3.63) is 28.7 Å². The van der Waals surface area contributed by atoms with Crippen LogP contribution >= 0.6 is 0 Å². The molecule has 2 aliphatic rings. The zero-order valence-corrected chi connectivity index (χ0v) is 13.9. The molecule has 1 aromatic carbocycles. The fourth-order valence-electron chi connectivity index (χ4n) is 3.46. The maximum atomic E-state index is 12.7. The highest BCUT2D eigenvalue weighted by molar-refractivity contribution is 6.00. The van der Waals surface area contributed by atoms with E-state index in [0.717, 1.165) is 37.4 Å². The van der Waals surface area contributed by atoms with Gasteiger partial charge in [0.2, 0.25) is 5.91 Å². The molecule has 3 N–H and O–H groups in total. The lowest BCUT2D eigenvalue weighted by Crippen LogP contribution is -2.54. The van der Waals surface area contributed by atoms with Crippen LogP contribution in [0.1, 0.15) is 6.17 Å². The molecule has 0 bridgehead atoms. The van der Waals surface area contributed by atoms with Crippen LogP contribution < -0.4 is 26.5 Å². The molecule has 2 saturated heterocycles. The predicted octanol–water partition coefficient (Wildman–Crippen LogP) is -1.51. The summed E-state index contributed by atoms with van der Waals surface area (Å²) in [6, 6.07) is 5.80. The topological polar surface area (TPSA) is 100 Å². The van der Waals surface area contributed by atoms with Crippen LogP contribution in [0.25, 0.3) is 11.0 Å². The van der Waals surface area contributed by atoms with E-state index in [-0.39, 0.29) is 12.2 Å². The molecule has 1 unspecified atom stereocenters. The number of aromatic nitrogens is 2. The summed E-state index contributed by atoms with van der Waals surface area (Å²) in [6.45, 7) is 3.68. The van der Waals surface area contributed by atoms with Crippen LogP contribution in [0.5, 0.6) is 0 Å². The van der Waals surface area contributed by atoms with Crippen molar-refractivity contribution in [3.8, 4) is 0 Å². The van der Waals surface area contributed by atoms with E-state index < -0.39 is 18.0 Å². The van der Waals surface area contributed by atoms with Gasteiger partial charge in [-0.15, -0.1) is 0 Å². The minimum absolute atomic E-state index is 0.00189. The number of carbonyl (C=O) groups excluding carboxylic acids is 2. The van der Waals surface area contributed by atoms with Crippen molar-refractivity contribution in [2.45, 2.75) is 6.17 Å². The van der Waals surface area contributed by atoms with E-state index in [1.54, 1.807) is 7.05 Å². The average Bonchev–Trinajstić information content (AvgIpc) is 2.87. The number of rotatable bonds is 2. The smallest absolute Gasteiger partial charge is 0.330 e. The van der Waals surface area contributed by atoms with Gasteiger partial charge in [-0.3, -0.25) is 29.4 Å². The van der Waals surface area contributed by atoms with Crippen molar-refractivity contribution in [2.75, 3.05) is 37.6 Å². The first-order valence-corrected chi connectivity index (χ1v) is 8.30. The number of nitrogens with zero attached hydrogens (tertiary/aromatic N) is 3. The minimum atomic E-state index is -0.890. The van der Waals surface area contributed by atoms with Crippen molar-refractivity contribution >= 4 is 28.5 Å². The van der Waals surface area contributed by atoms with Crippen molar-refractivity contribution < 1.29 is 9.59 Å². The molecule has 1 atom stereocenters. The second kappa shape index (κ2) is 6.01. The van der Waals surface area contributed by atoms with Crippen LogP contribution in [-0.2, 0) is 16.6 Å².